The van der Waals surface area contributed by atoms with E-state index in [1.165, 1.54) is 71.7 Å². The van der Waals surface area contributed by atoms with E-state index in [1.54, 1.807) is 0 Å². The molecule has 0 radical (unpaired) electrons. The van der Waals surface area contributed by atoms with Crippen LogP contribution in [0.1, 0.15) is 22.3 Å². The molecule has 8 rings (SSSR count). The molecule has 0 spiro atoms. The van der Waals surface area contributed by atoms with Gasteiger partial charge in [0.2, 0.25) is 0 Å². The fourth-order valence-corrected chi connectivity index (χ4v) is 6.02. The molecule has 6 aromatic rings. The zero-order chi connectivity index (χ0) is 20.1. The van der Waals surface area contributed by atoms with E-state index < -0.39 is 0 Å². The van der Waals surface area contributed by atoms with Crippen molar-refractivity contribution in [3.05, 3.63) is 113 Å². The maximum atomic E-state index is 2.46. The van der Waals surface area contributed by atoms with Crippen LogP contribution in [0.3, 0.4) is 0 Å². The average molecular weight is 393 g/mol. The Balaban J connectivity index is 1.53. The van der Waals surface area contributed by atoms with Gasteiger partial charge in [0.15, 0.2) is 0 Å². The van der Waals surface area contributed by atoms with E-state index in [1.807, 2.05) is 0 Å². The minimum absolute atomic E-state index is 1.03. The maximum Gasteiger partial charge on any atom is 0.0540 e. The molecule has 0 amide bonds. The monoisotopic (exact) mass is 393 g/mol. The van der Waals surface area contributed by atoms with Gasteiger partial charge in [-0.15, -0.1) is 0 Å². The first kappa shape index (κ1) is 15.9. The van der Waals surface area contributed by atoms with Crippen LogP contribution in [0.4, 0.5) is 0 Å². The summed E-state index contributed by atoms with van der Waals surface area (Å²) in [5.41, 5.74) is 14.0. The molecule has 1 nitrogen and oxygen atoms in total. The molecule has 0 N–H and O–H groups in total. The van der Waals surface area contributed by atoms with Crippen molar-refractivity contribution in [3.8, 4) is 22.3 Å². The number of pyridine rings is 1. The molecule has 0 saturated carbocycles. The van der Waals surface area contributed by atoms with Crippen LogP contribution in [0.25, 0.3) is 49.4 Å². The number of aromatic nitrogens is 1. The summed E-state index contributed by atoms with van der Waals surface area (Å²) in [5, 5.41) is 4.09. The van der Waals surface area contributed by atoms with Gasteiger partial charge < -0.3 is 4.40 Å². The highest BCUT2D eigenvalue weighted by atomic mass is 14.9. The third-order valence-electron chi connectivity index (χ3n) is 7.42. The van der Waals surface area contributed by atoms with E-state index >= 15 is 0 Å². The molecule has 0 bridgehead atoms. The van der Waals surface area contributed by atoms with Crippen LogP contribution in [0.2, 0.25) is 0 Å². The minimum atomic E-state index is 1.03. The molecule has 0 unspecified atom stereocenters. The second kappa shape index (κ2) is 5.44. The van der Waals surface area contributed by atoms with E-state index in [0.717, 1.165) is 12.8 Å². The van der Waals surface area contributed by atoms with Gasteiger partial charge in [0.05, 0.1) is 11.0 Å². The summed E-state index contributed by atoms with van der Waals surface area (Å²) in [6.45, 7) is 0. The summed E-state index contributed by atoms with van der Waals surface area (Å²) in [7, 11) is 0. The zero-order valence-corrected chi connectivity index (χ0v) is 17.0. The van der Waals surface area contributed by atoms with Gasteiger partial charge in [-0.1, -0.05) is 48.5 Å². The highest BCUT2D eigenvalue weighted by molar-refractivity contribution is 6.15. The summed E-state index contributed by atoms with van der Waals surface area (Å²) < 4.78 is 2.38. The van der Waals surface area contributed by atoms with Crippen LogP contribution in [-0.4, -0.2) is 4.40 Å². The Morgan fingerprint density at radius 2 is 1.06 bits per heavy atom. The Hall–Kier alpha value is -3.84. The van der Waals surface area contributed by atoms with Crippen LogP contribution in [-0.2, 0) is 12.8 Å². The lowest BCUT2D eigenvalue weighted by Gasteiger charge is -2.14. The van der Waals surface area contributed by atoms with Gasteiger partial charge in [-0.05, 0) is 99.1 Å². The third kappa shape index (κ3) is 1.96. The second-order valence-corrected chi connectivity index (χ2v) is 9.01. The van der Waals surface area contributed by atoms with Crippen LogP contribution in [0.15, 0.2) is 91.1 Å². The lowest BCUT2D eigenvalue weighted by atomic mass is 9.95. The van der Waals surface area contributed by atoms with Gasteiger partial charge in [0, 0.05) is 17.0 Å². The zero-order valence-electron chi connectivity index (χ0n) is 17.0. The minimum Gasteiger partial charge on any atom is -0.316 e. The van der Waals surface area contributed by atoms with Gasteiger partial charge in [0.25, 0.3) is 0 Å². The summed E-state index contributed by atoms with van der Waals surface area (Å²) in [6.07, 6.45) is 4.28. The second-order valence-electron chi connectivity index (χ2n) is 9.01. The van der Waals surface area contributed by atoms with Crippen molar-refractivity contribution in [2.75, 3.05) is 0 Å². The van der Waals surface area contributed by atoms with E-state index in [9.17, 15) is 0 Å². The van der Waals surface area contributed by atoms with Crippen molar-refractivity contribution < 1.29 is 0 Å². The molecular formula is C30H19N. The van der Waals surface area contributed by atoms with E-state index in [2.05, 4.69) is 95.5 Å². The van der Waals surface area contributed by atoms with Gasteiger partial charge in [-0.25, -0.2) is 0 Å². The van der Waals surface area contributed by atoms with Crippen LogP contribution in [0.5, 0.6) is 0 Å². The molecule has 31 heavy (non-hydrogen) atoms. The van der Waals surface area contributed by atoms with Crippen molar-refractivity contribution in [2.45, 2.75) is 12.8 Å². The highest BCUT2D eigenvalue weighted by Crippen LogP contribution is 2.44. The van der Waals surface area contributed by atoms with Gasteiger partial charge in [-0.3, -0.25) is 0 Å². The average Bonchev–Trinajstić information content (AvgIpc) is 3.51. The number of benzene rings is 4. The molecule has 0 fully saturated rings. The van der Waals surface area contributed by atoms with Gasteiger partial charge in [0.1, 0.15) is 0 Å². The number of nitrogens with zero attached hydrogens (tertiary/aromatic N) is 1. The molecule has 2 heterocycles. The first-order valence-corrected chi connectivity index (χ1v) is 11.0. The topological polar surface area (TPSA) is 4.41 Å². The molecule has 4 aromatic carbocycles. The smallest absolute Gasteiger partial charge is 0.0540 e. The highest BCUT2D eigenvalue weighted by Gasteiger charge is 2.23. The molecule has 0 aliphatic heterocycles. The Labute approximate surface area is 180 Å². The van der Waals surface area contributed by atoms with Crippen molar-refractivity contribution in [1.29, 1.82) is 0 Å². The Morgan fingerprint density at radius 3 is 1.77 bits per heavy atom. The van der Waals surface area contributed by atoms with Crippen LogP contribution < -0.4 is 0 Å². The summed E-state index contributed by atoms with van der Waals surface area (Å²) in [6, 6.07) is 31.9. The van der Waals surface area contributed by atoms with E-state index in [0.29, 0.717) is 0 Å². The fourth-order valence-electron chi connectivity index (χ4n) is 6.02. The molecule has 144 valence electrons. The normalized spacial score (nSPS) is 13.5. The number of hydrogen-bond acceptors (Lipinski definition) is 0. The maximum absolute atomic E-state index is 2.46. The Bertz CT molecular complexity index is 1730. The van der Waals surface area contributed by atoms with Crippen molar-refractivity contribution >= 4 is 27.2 Å². The first-order chi connectivity index (χ1) is 15.3. The summed E-state index contributed by atoms with van der Waals surface area (Å²) >= 11 is 0. The largest absolute Gasteiger partial charge is 0.316 e. The molecule has 2 aliphatic rings. The number of hydrogen-bond donors (Lipinski definition) is 0. The standard InChI is InChI=1S/C30H19N/c1-3-8-22-18(6-1)12-20-14-27-26(16-24(20)22)28-15-21-13-19-7-2-4-9-23(19)25(21)17-30(28)31-11-5-10-29(27)31/h1-11,14-17H,12-13H2. The predicted octanol–water partition coefficient (Wildman–Crippen LogP) is 7.39. The van der Waals surface area contributed by atoms with Gasteiger partial charge >= 0.3 is 0 Å². The molecule has 0 saturated heterocycles. The van der Waals surface area contributed by atoms with Crippen LogP contribution >= 0.6 is 0 Å². The van der Waals surface area contributed by atoms with Crippen molar-refractivity contribution in [3.63, 3.8) is 0 Å². The molecule has 2 aliphatic carbocycles. The number of rotatable bonds is 0. The van der Waals surface area contributed by atoms with Crippen molar-refractivity contribution in [2.24, 2.45) is 0 Å². The van der Waals surface area contributed by atoms with Crippen molar-refractivity contribution in [1.82, 2.24) is 4.40 Å². The molecular weight excluding hydrogens is 374 g/mol. The third-order valence-corrected chi connectivity index (χ3v) is 7.42. The quantitative estimate of drug-likeness (QED) is 0.237. The molecule has 0 atom stereocenters. The van der Waals surface area contributed by atoms with E-state index in [-0.39, 0.29) is 0 Å². The molecule has 2 aromatic heterocycles. The fraction of sp³-hybridized carbons (Fsp3) is 0.0667. The number of fused-ring (bicyclic) bond motifs is 12. The van der Waals surface area contributed by atoms with Gasteiger partial charge in [-0.2, -0.15) is 0 Å². The lowest BCUT2D eigenvalue weighted by molar-refractivity contribution is 1.25. The Morgan fingerprint density at radius 1 is 0.452 bits per heavy atom. The first-order valence-electron chi connectivity index (χ1n) is 11.0. The summed E-state index contributed by atoms with van der Waals surface area (Å²) in [4.78, 5) is 0. The van der Waals surface area contributed by atoms with E-state index in [4.69, 9.17) is 0 Å². The SMILES string of the molecule is c1ccc2c(c1)Cc1cc3c(cc1-2)c1cc2c(cc1n1cccc31)-c1ccccc1C2. The van der Waals surface area contributed by atoms with Crippen LogP contribution in [0, 0.1) is 0 Å². The molecule has 1 heteroatoms. The predicted molar refractivity (Wildman–Crippen MR) is 129 cm³/mol. The summed E-state index contributed by atoms with van der Waals surface area (Å²) in [5.74, 6) is 0. The Kier molecular flexibility index (Phi) is 2.80. The lowest BCUT2D eigenvalue weighted by Crippen LogP contribution is -1.93.